The number of carbonyl (C=O) groups is 1. The molecule has 3 aromatic rings. The Morgan fingerprint density at radius 3 is 2.93 bits per heavy atom. The maximum Gasteiger partial charge on any atom is 0.404 e. The van der Waals surface area contributed by atoms with E-state index in [1.54, 1.807) is 19.4 Å². The Bertz CT molecular complexity index is 1110. The first-order valence-electron chi connectivity index (χ1n) is 9.75. The van der Waals surface area contributed by atoms with Crippen molar-refractivity contribution < 1.29 is 19.0 Å². The van der Waals surface area contributed by atoms with Gasteiger partial charge in [0, 0.05) is 49.0 Å². The molecule has 0 saturated carbocycles. The molecule has 3 heterocycles. The van der Waals surface area contributed by atoms with Gasteiger partial charge in [-0.05, 0) is 47.9 Å². The number of rotatable bonds is 6. The molecule has 2 aromatic heterocycles. The maximum atomic E-state index is 13.9. The Morgan fingerprint density at radius 1 is 1.33 bits per heavy atom. The van der Waals surface area contributed by atoms with Crippen LogP contribution in [-0.2, 0) is 0 Å². The van der Waals surface area contributed by atoms with Crippen molar-refractivity contribution in [1.29, 1.82) is 0 Å². The fourth-order valence-corrected chi connectivity index (χ4v) is 3.81. The van der Waals surface area contributed by atoms with Crippen LogP contribution in [0.4, 0.5) is 9.18 Å². The highest BCUT2D eigenvalue weighted by molar-refractivity contribution is 5.96. The zero-order valence-corrected chi connectivity index (χ0v) is 16.6. The van der Waals surface area contributed by atoms with Crippen LogP contribution in [0, 0.1) is 5.82 Å². The third-order valence-electron chi connectivity index (χ3n) is 5.33. The van der Waals surface area contributed by atoms with Gasteiger partial charge in [0.25, 0.3) is 0 Å². The first-order chi connectivity index (χ1) is 14.5. The van der Waals surface area contributed by atoms with Gasteiger partial charge < -0.3 is 20.1 Å². The molecule has 0 fully saturated rings. The highest BCUT2D eigenvalue weighted by Gasteiger charge is 2.17. The minimum atomic E-state index is -1.00. The van der Waals surface area contributed by atoms with Gasteiger partial charge >= 0.3 is 6.09 Å². The normalized spacial score (nSPS) is 14.5. The predicted octanol–water partition coefficient (Wildman–Crippen LogP) is 3.73. The number of benzene rings is 1. The highest BCUT2D eigenvalue weighted by atomic mass is 19.1. The fourth-order valence-electron chi connectivity index (χ4n) is 3.81. The molecule has 0 bridgehead atoms. The Morgan fingerprint density at radius 2 is 2.20 bits per heavy atom. The summed E-state index contributed by atoms with van der Waals surface area (Å²) in [6.07, 6.45) is 3.70. The van der Waals surface area contributed by atoms with Gasteiger partial charge in [0.05, 0.1) is 7.11 Å². The molecule has 0 spiro atoms. The van der Waals surface area contributed by atoms with Gasteiger partial charge in [0.15, 0.2) is 0 Å². The molecule has 7 nitrogen and oxygen atoms in total. The smallest absolute Gasteiger partial charge is 0.404 e. The van der Waals surface area contributed by atoms with E-state index in [0.717, 1.165) is 41.8 Å². The lowest BCUT2D eigenvalue weighted by Gasteiger charge is -2.25. The monoisotopic (exact) mass is 410 g/mol. The third kappa shape index (κ3) is 4.13. The molecular weight excluding hydrogens is 387 g/mol. The summed E-state index contributed by atoms with van der Waals surface area (Å²) in [7, 11) is 1.57. The van der Waals surface area contributed by atoms with Crippen LogP contribution in [0.3, 0.4) is 0 Å². The van der Waals surface area contributed by atoms with Crippen LogP contribution in [0.5, 0.6) is 5.75 Å². The molecule has 0 aliphatic carbocycles. The van der Waals surface area contributed by atoms with E-state index < -0.39 is 6.09 Å². The zero-order valence-electron chi connectivity index (χ0n) is 16.6. The summed E-state index contributed by atoms with van der Waals surface area (Å²) in [6, 6.07) is 8.40. The minimum Gasteiger partial charge on any atom is -0.496 e. The Hall–Kier alpha value is -3.39. The molecule has 0 unspecified atom stereocenters. The summed E-state index contributed by atoms with van der Waals surface area (Å²) in [5.41, 5.74) is 4.46. The quantitative estimate of drug-likeness (QED) is 0.576. The molecule has 0 atom stereocenters. The van der Waals surface area contributed by atoms with Gasteiger partial charge in [-0.2, -0.15) is 0 Å². The second-order valence-electron chi connectivity index (χ2n) is 7.16. The van der Waals surface area contributed by atoms with E-state index in [0.29, 0.717) is 24.4 Å². The summed E-state index contributed by atoms with van der Waals surface area (Å²) in [4.78, 5) is 20.6. The van der Waals surface area contributed by atoms with Gasteiger partial charge in [0.2, 0.25) is 0 Å². The number of H-pyrrole nitrogens is 1. The van der Waals surface area contributed by atoms with Crippen molar-refractivity contribution in [2.24, 2.45) is 0 Å². The van der Waals surface area contributed by atoms with Crippen LogP contribution in [0.25, 0.3) is 27.7 Å². The van der Waals surface area contributed by atoms with Crippen molar-refractivity contribution in [2.75, 3.05) is 33.3 Å². The van der Waals surface area contributed by atoms with E-state index in [9.17, 15) is 9.18 Å². The van der Waals surface area contributed by atoms with E-state index in [2.05, 4.69) is 32.3 Å². The van der Waals surface area contributed by atoms with Crippen molar-refractivity contribution >= 4 is 22.7 Å². The van der Waals surface area contributed by atoms with Crippen LogP contribution in [0.1, 0.15) is 12.1 Å². The standard InChI is InChI=1S/C22H23FN4O3/c1-30-20-3-2-15(23)12-17(20)16-4-7-24-21-18(16)13-19(26-21)14-5-9-27(10-6-14)11-8-25-22(28)29/h2-5,7,12-13,25H,6,8-11H2,1H3,(H,24,26)(H,28,29). The van der Waals surface area contributed by atoms with Gasteiger partial charge in [-0.1, -0.05) is 6.08 Å². The summed E-state index contributed by atoms with van der Waals surface area (Å²) >= 11 is 0. The van der Waals surface area contributed by atoms with Crippen LogP contribution in [0.2, 0.25) is 0 Å². The van der Waals surface area contributed by atoms with Crippen LogP contribution in [-0.4, -0.2) is 59.4 Å². The third-order valence-corrected chi connectivity index (χ3v) is 5.33. The van der Waals surface area contributed by atoms with Crippen LogP contribution >= 0.6 is 0 Å². The van der Waals surface area contributed by atoms with Gasteiger partial charge in [-0.3, -0.25) is 4.90 Å². The first kappa shape index (κ1) is 19.9. The Labute approximate surface area is 173 Å². The molecule has 4 rings (SSSR count). The zero-order chi connectivity index (χ0) is 21.1. The lowest BCUT2D eigenvalue weighted by molar-refractivity contribution is 0.191. The minimum absolute atomic E-state index is 0.320. The van der Waals surface area contributed by atoms with Crippen molar-refractivity contribution in [3.8, 4) is 16.9 Å². The molecule has 3 N–H and O–H groups in total. The molecule has 156 valence electrons. The number of carboxylic acid groups (broad SMARTS) is 1. The van der Waals surface area contributed by atoms with E-state index in [4.69, 9.17) is 9.84 Å². The number of nitrogens with one attached hydrogen (secondary N) is 2. The number of amides is 1. The van der Waals surface area contributed by atoms with Gasteiger partial charge in [0.1, 0.15) is 17.2 Å². The van der Waals surface area contributed by atoms with E-state index >= 15 is 0 Å². The molecule has 8 heteroatoms. The first-order valence-corrected chi connectivity index (χ1v) is 9.75. The number of hydrogen-bond acceptors (Lipinski definition) is 4. The maximum absolute atomic E-state index is 13.9. The van der Waals surface area contributed by atoms with Crippen molar-refractivity contribution in [1.82, 2.24) is 20.2 Å². The topological polar surface area (TPSA) is 90.5 Å². The van der Waals surface area contributed by atoms with E-state index in [1.807, 2.05) is 6.07 Å². The van der Waals surface area contributed by atoms with Crippen molar-refractivity contribution in [2.45, 2.75) is 6.42 Å². The summed E-state index contributed by atoms with van der Waals surface area (Å²) < 4.78 is 19.3. The summed E-state index contributed by atoms with van der Waals surface area (Å²) in [5, 5.41) is 12.0. The van der Waals surface area contributed by atoms with Crippen molar-refractivity contribution in [3.63, 3.8) is 0 Å². The molecule has 0 radical (unpaired) electrons. The lowest BCUT2D eigenvalue weighted by atomic mass is 10.0. The number of aromatic nitrogens is 2. The fraction of sp³-hybridized carbons (Fsp3) is 0.273. The lowest BCUT2D eigenvalue weighted by Crippen LogP contribution is -2.36. The molecule has 1 aromatic carbocycles. The molecule has 1 amide bonds. The van der Waals surface area contributed by atoms with Gasteiger partial charge in [-0.15, -0.1) is 0 Å². The SMILES string of the molecule is COc1ccc(F)cc1-c1ccnc2[nH]c(C3=CCN(CCNC(=O)O)CC3)cc12. The van der Waals surface area contributed by atoms with Gasteiger partial charge in [-0.25, -0.2) is 14.2 Å². The number of fused-ring (bicyclic) bond motifs is 1. The van der Waals surface area contributed by atoms with Crippen molar-refractivity contribution in [3.05, 3.63) is 54.1 Å². The van der Waals surface area contributed by atoms with Crippen LogP contribution in [0.15, 0.2) is 42.6 Å². The second-order valence-corrected chi connectivity index (χ2v) is 7.16. The number of ether oxygens (including phenoxy) is 1. The number of methoxy groups -OCH3 is 1. The molecule has 0 saturated heterocycles. The predicted molar refractivity (Wildman–Crippen MR) is 113 cm³/mol. The largest absolute Gasteiger partial charge is 0.496 e. The van der Waals surface area contributed by atoms with E-state index in [1.165, 1.54) is 17.7 Å². The number of nitrogens with zero attached hydrogens (tertiary/aromatic N) is 2. The average molecular weight is 410 g/mol. The average Bonchev–Trinajstić information content (AvgIpc) is 3.18. The number of pyridine rings is 1. The molecular formula is C22H23FN4O3. The second kappa shape index (κ2) is 8.54. The molecule has 30 heavy (non-hydrogen) atoms. The molecule has 1 aliphatic rings. The summed E-state index contributed by atoms with van der Waals surface area (Å²) in [5.74, 6) is 0.285. The number of halogens is 1. The Kier molecular flexibility index (Phi) is 5.67. The molecule has 1 aliphatic heterocycles. The van der Waals surface area contributed by atoms with Crippen LogP contribution < -0.4 is 10.1 Å². The Balaban J connectivity index is 1.60. The highest BCUT2D eigenvalue weighted by Crippen LogP contribution is 2.36. The number of hydrogen-bond donors (Lipinski definition) is 3. The summed E-state index contributed by atoms with van der Waals surface area (Å²) in [6.45, 7) is 2.69. The van der Waals surface area contributed by atoms with E-state index in [-0.39, 0.29) is 5.82 Å². The number of aromatic amines is 1.